The summed E-state index contributed by atoms with van der Waals surface area (Å²) in [5.41, 5.74) is 13.7. The van der Waals surface area contributed by atoms with Crippen LogP contribution in [-0.2, 0) is 0 Å². The molecule has 0 aliphatic heterocycles. The molecule has 12 rings (SSSR count). The van der Waals surface area contributed by atoms with Crippen LogP contribution in [0.15, 0.2) is 199 Å². The van der Waals surface area contributed by atoms with Crippen LogP contribution < -0.4 is 0 Å². The predicted molar refractivity (Wildman–Crippen MR) is 231 cm³/mol. The van der Waals surface area contributed by atoms with Gasteiger partial charge in [-0.05, 0) is 100 Å². The number of hydrogen-bond donors (Lipinski definition) is 0. The Morgan fingerprint density at radius 3 is 1.58 bits per heavy atom. The second-order valence-corrected chi connectivity index (χ2v) is 14.5. The molecule has 0 atom stereocenters. The van der Waals surface area contributed by atoms with Crippen molar-refractivity contribution in [1.29, 1.82) is 0 Å². The van der Waals surface area contributed by atoms with E-state index < -0.39 is 0 Å². The molecule has 12 aromatic rings. The van der Waals surface area contributed by atoms with E-state index in [0.29, 0.717) is 0 Å². The molecule has 0 saturated carbocycles. The summed E-state index contributed by atoms with van der Waals surface area (Å²) in [5, 5.41) is 9.67. The highest BCUT2D eigenvalue weighted by Gasteiger charge is 2.19. The van der Waals surface area contributed by atoms with Gasteiger partial charge in [-0.25, -0.2) is 0 Å². The zero-order valence-corrected chi connectivity index (χ0v) is 29.8. The molecule has 0 aliphatic rings. The number of fused-ring (bicyclic) bond motifs is 11. The Bertz CT molecular complexity index is 3470. The molecule has 0 bridgehead atoms. The van der Waals surface area contributed by atoms with Gasteiger partial charge in [0.1, 0.15) is 11.2 Å². The van der Waals surface area contributed by atoms with E-state index >= 15 is 0 Å². The molecule has 256 valence electrons. The standard InChI is InChI=1S/C52H32N2O/c1-3-11-33(12-4-1)35-20-25-47-44(29-35)45-31-37(21-26-48(45)53(47)38-14-5-2-6-15-38)36-22-27-49-43(30-36)42-24-19-34-13-7-8-16-40(34)52(42)54(49)39-23-28-51-46(32-39)41-17-9-10-18-50(41)55-51/h1-32H. The maximum atomic E-state index is 6.24. The van der Waals surface area contributed by atoms with E-state index in [9.17, 15) is 0 Å². The van der Waals surface area contributed by atoms with Gasteiger partial charge in [0.15, 0.2) is 0 Å². The van der Waals surface area contributed by atoms with Crippen LogP contribution in [0.5, 0.6) is 0 Å². The monoisotopic (exact) mass is 700 g/mol. The smallest absolute Gasteiger partial charge is 0.135 e. The van der Waals surface area contributed by atoms with Crippen LogP contribution in [-0.4, -0.2) is 9.13 Å². The molecule has 0 saturated heterocycles. The predicted octanol–water partition coefficient (Wildman–Crippen LogP) is 14.3. The van der Waals surface area contributed by atoms with E-state index in [1.807, 2.05) is 12.1 Å². The lowest BCUT2D eigenvalue weighted by Crippen LogP contribution is -1.94. The Morgan fingerprint density at radius 2 is 0.855 bits per heavy atom. The summed E-state index contributed by atoms with van der Waals surface area (Å²) >= 11 is 0. The highest BCUT2D eigenvalue weighted by atomic mass is 16.3. The van der Waals surface area contributed by atoms with Gasteiger partial charge in [-0.3, -0.25) is 0 Å². The van der Waals surface area contributed by atoms with Crippen molar-refractivity contribution < 1.29 is 4.42 Å². The maximum absolute atomic E-state index is 6.24. The van der Waals surface area contributed by atoms with Gasteiger partial charge >= 0.3 is 0 Å². The van der Waals surface area contributed by atoms with Crippen LogP contribution in [0, 0.1) is 0 Å². The van der Waals surface area contributed by atoms with Gasteiger partial charge in [0.25, 0.3) is 0 Å². The molecule has 3 nitrogen and oxygen atoms in total. The fourth-order valence-electron chi connectivity index (χ4n) is 8.95. The first-order chi connectivity index (χ1) is 27.3. The average Bonchev–Trinajstić information content (AvgIpc) is 3.91. The van der Waals surface area contributed by atoms with Gasteiger partial charge in [-0.2, -0.15) is 0 Å². The second-order valence-electron chi connectivity index (χ2n) is 14.5. The van der Waals surface area contributed by atoms with Crippen LogP contribution in [0.3, 0.4) is 0 Å². The average molecular weight is 701 g/mol. The maximum Gasteiger partial charge on any atom is 0.135 e. The Morgan fingerprint density at radius 1 is 0.291 bits per heavy atom. The third kappa shape index (κ3) is 4.50. The lowest BCUT2D eigenvalue weighted by Gasteiger charge is -2.10. The molecule has 0 spiro atoms. The summed E-state index contributed by atoms with van der Waals surface area (Å²) in [7, 11) is 0. The van der Waals surface area contributed by atoms with Crippen molar-refractivity contribution in [2.24, 2.45) is 0 Å². The van der Waals surface area contributed by atoms with Crippen LogP contribution >= 0.6 is 0 Å². The number of furan rings is 1. The molecule has 3 heterocycles. The first kappa shape index (κ1) is 30.1. The summed E-state index contributed by atoms with van der Waals surface area (Å²) in [4.78, 5) is 0. The third-order valence-corrected chi connectivity index (χ3v) is 11.5. The molecule has 0 N–H and O–H groups in total. The summed E-state index contributed by atoms with van der Waals surface area (Å²) in [6.45, 7) is 0. The molecular weight excluding hydrogens is 669 g/mol. The molecular formula is C52H32N2O. The molecule has 0 aliphatic carbocycles. The lowest BCUT2D eigenvalue weighted by atomic mass is 9.99. The number of benzene rings is 9. The molecule has 0 amide bonds. The first-order valence-corrected chi connectivity index (χ1v) is 18.8. The highest BCUT2D eigenvalue weighted by Crippen LogP contribution is 2.42. The van der Waals surface area contributed by atoms with E-state index in [-0.39, 0.29) is 0 Å². The van der Waals surface area contributed by atoms with Gasteiger partial charge < -0.3 is 13.6 Å². The molecule has 3 heteroatoms. The zero-order valence-electron chi connectivity index (χ0n) is 29.8. The van der Waals surface area contributed by atoms with E-state index in [4.69, 9.17) is 4.42 Å². The van der Waals surface area contributed by atoms with Crippen LogP contribution in [0.4, 0.5) is 0 Å². The van der Waals surface area contributed by atoms with Gasteiger partial charge in [0.05, 0.1) is 22.1 Å². The third-order valence-electron chi connectivity index (χ3n) is 11.5. The van der Waals surface area contributed by atoms with E-state index in [0.717, 1.165) is 33.3 Å². The Balaban J connectivity index is 1.10. The fourth-order valence-corrected chi connectivity index (χ4v) is 8.95. The van der Waals surface area contributed by atoms with Crippen LogP contribution in [0.2, 0.25) is 0 Å². The van der Waals surface area contributed by atoms with Gasteiger partial charge in [0.2, 0.25) is 0 Å². The van der Waals surface area contributed by atoms with Crippen molar-refractivity contribution in [1.82, 2.24) is 9.13 Å². The Hall–Kier alpha value is -7.36. The van der Waals surface area contributed by atoms with E-state index in [1.165, 1.54) is 76.6 Å². The normalized spacial score (nSPS) is 12.0. The van der Waals surface area contributed by atoms with Gasteiger partial charge in [-0.15, -0.1) is 0 Å². The molecule has 0 fully saturated rings. The number of para-hydroxylation sites is 2. The molecule has 0 unspecified atom stereocenters. The molecule has 9 aromatic carbocycles. The molecule has 0 radical (unpaired) electrons. The number of hydrogen-bond acceptors (Lipinski definition) is 1. The van der Waals surface area contributed by atoms with E-state index in [2.05, 4.69) is 191 Å². The fraction of sp³-hybridized carbons (Fsp3) is 0. The summed E-state index contributed by atoms with van der Waals surface area (Å²) in [6, 6.07) is 70.4. The van der Waals surface area contributed by atoms with Crippen LogP contribution in [0.1, 0.15) is 0 Å². The number of nitrogens with zero attached hydrogens (tertiary/aromatic N) is 2. The lowest BCUT2D eigenvalue weighted by molar-refractivity contribution is 0.669. The van der Waals surface area contributed by atoms with Crippen molar-refractivity contribution in [3.63, 3.8) is 0 Å². The minimum Gasteiger partial charge on any atom is -0.456 e. The van der Waals surface area contributed by atoms with Gasteiger partial charge in [-0.1, -0.05) is 121 Å². The van der Waals surface area contributed by atoms with Crippen molar-refractivity contribution in [2.45, 2.75) is 0 Å². The SMILES string of the molecule is c1ccc(-c2ccc3c(c2)c2cc(-c4ccc5c(c4)c4ccc6ccccc6c4n5-c4ccc5oc6ccccc6c5c4)ccc2n3-c2ccccc2)cc1. The van der Waals surface area contributed by atoms with Crippen molar-refractivity contribution >= 4 is 76.3 Å². The van der Waals surface area contributed by atoms with Crippen molar-refractivity contribution in [2.75, 3.05) is 0 Å². The Kier molecular flexibility index (Phi) is 6.34. The highest BCUT2D eigenvalue weighted by molar-refractivity contribution is 6.20. The summed E-state index contributed by atoms with van der Waals surface area (Å²) in [6.07, 6.45) is 0. The summed E-state index contributed by atoms with van der Waals surface area (Å²) < 4.78 is 11.1. The summed E-state index contributed by atoms with van der Waals surface area (Å²) in [5.74, 6) is 0. The second kappa shape index (κ2) is 11.6. The van der Waals surface area contributed by atoms with E-state index in [1.54, 1.807) is 0 Å². The number of rotatable bonds is 4. The Labute approximate surface area is 316 Å². The van der Waals surface area contributed by atoms with Crippen molar-refractivity contribution in [3.8, 4) is 33.6 Å². The quantitative estimate of drug-likeness (QED) is 0.179. The zero-order chi connectivity index (χ0) is 36.0. The largest absolute Gasteiger partial charge is 0.456 e. The topological polar surface area (TPSA) is 23.0 Å². The number of aromatic nitrogens is 2. The first-order valence-electron chi connectivity index (χ1n) is 18.8. The molecule has 3 aromatic heterocycles. The van der Waals surface area contributed by atoms with Gasteiger partial charge in [0, 0.05) is 49.1 Å². The van der Waals surface area contributed by atoms with Crippen LogP contribution in [0.25, 0.3) is 110 Å². The molecule has 55 heavy (non-hydrogen) atoms. The minimum atomic E-state index is 0.901. The minimum absolute atomic E-state index is 0.901. The van der Waals surface area contributed by atoms with Crippen molar-refractivity contribution in [3.05, 3.63) is 194 Å².